The first kappa shape index (κ1) is 22.8. The minimum Gasteiger partial charge on any atom is -0.481 e. The number of amides is 2. The van der Waals surface area contributed by atoms with Crippen LogP contribution in [-0.4, -0.2) is 29.0 Å². The van der Waals surface area contributed by atoms with Crippen LogP contribution in [0.3, 0.4) is 0 Å². The second-order valence-corrected chi connectivity index (χ2v) is 8.33. The Morgan fingerprint density at radius 1 is 1.09 bits per heavy atom. The molecule has 33 heavy (non-hydrogen) atoms. The van der Waals surface area contributed by atoms with E-state index in [1.165, 1.54) is 4.90 Å². The zero-order valence-corrected chi connectivity index (χ0v) is 17.8. The van der Waals surface area contributed by atoms with Crippen LogP contribution < -0.4 is 10.1 Å². The Bertz CT molecular complexity index is 1200. The van der Waals surface area contributed by atoms with E-state index in [1.54, 1.807) is 38.1 Å². The summed E-state index contributed by atoms with van der Waals surface area (Å²) < 4.78 is 74.1. The Balaban J connectivity index is 2.01. The molecule has 2 amide bonds. The third-order valence-corrected chi connectivity index (χ3v) is 5.86. The molecule has 174 valence electrons. The lowest BCUT2D eigenvalue weighted by molar-refractivity contribution is -0.289. The third kappa shape index (κ3) is 3.35. The Labute approximate surface area is 185 Å². The first-order valence-corrected chi connectivity index (χ1v) is 9.94. The molecule has 0 aromatic heterocycles. The van der Waals surface area contributed by atoms with Gasteiger partial charge in [-0.05, 0) is 50.1 Å². The number of benzene rings is 2. The van der Waals surface area contributed by atoms with Crippen molar-refractivity contribution in [3.05, 3.63) is 69.9 Å². The van der Waals surface area contributed by atoms with Gasteiger partial charge in [-0.25, -0.2) is 0 Å². The van der Waals surface area contributed by atoms with Crippen LogP contribution in [0.25, 0.3) is 5.70 Å². The molecule has 0 saturated heterocycles. The summed E-state index contributed by atoms with van der Waals surface area (Å²) in [6.07, 6.45) is -5.49. The van der Waals surface area contributed by atoms with Gasteiger partial charge in [0.15, 0.2) is 0 Å². The Hall–Kier alpha value is -3.43. The minimum absolute atomic E-state index is 0.0203. The van der Waals surface area contributed by atoms with Crippen molar-refractivity contribution in [1.82, 2.24) is 10.2 Å². The largest absolute Gasteiger partial charge is 0.481 e. The number of hydrogen-bond acceptors (Lipinski definition) is 3. The Morgan fingerprint density at radius 3 is 2.36 bits per heavy atom. The van der Waals surface area contributed by atoms with Gasteiger partial charge in [0.25, 0.3) is 5.91 Å². The Kier molecular flexibility index (Phi) is 5.03. The van der Waals surface area contributed by atoms with Crippen molar-refractivity contribution in [3.8, 4) is 5.75 Å². The van der Waals surface area contributed by atoms with E-state index in [4.69, 9.17) is 4.74 Å². The lowest BCUT2D eigenvalue weighted by atomic mass is 9.88. The number of ether oxygens (including phenoxy) is 1. The summed E-state index contributed by atoms with van der Waals surface area (Å²) in [4.78, 5) is 25.9. The van der Waals surface area contributed by atoms with Crippen molar-refractivity contribution in [1.29, 1.82) is 0 Å². The monoisotopic (exact) mass is 466 g/mol. The van der Waals surface area contributed by atoms with E-state index in [0.29, 0.717) is 23.6 Å². The van der Waals surface area contributed by atoms with Crippen LogP contribution in [0.5, 0.6) is 5.75 Å². The summed E-state index contributed by atoms with van der Waals surface area (Å²) >= 11 is 0. The number of rotatable bonds is 4. The molecule has 5 nitrogen and oxygen atoms in total. The van der Waals surface area contributed by atoms with Gasteiger partial charge >= 0.3 is 12.1 Å². The molecule has 0 bridgehead atoms. The third-order valence-electron chi connectivity index (χ3n) is 5.86. The van der Waals surface area contributed by atoms with Gasteiger partial charge in [0, 0.05) is 16.7 Å². The van der Waals surface area contributed by atoms with Crippen molar-refractivity contribution in [3.63, 3.8) is 0 Å². The quantitative estimate of drug-likeness (QED) is 0.516. The van der Waals surface area contributed by atoms with Gasteiger partial charge < -0.3 is 15.0 Å². The summed E-state index contributed by atoms with van der Waals surface area (Å²) in [7, 11) is 0. The fraction of sp³-hybridized carbons (Fsp3) is 0.304. The molecule has 2 aliphatic heterocycles. The number of nitrogens with zero attached hydrogens (tertiary/aromatic N) is 1. The van der Waals surface area contributed by atoms with Crippen LogP contribution in [0, 0.1) is 6.92 Å². The van der Waals surface area contributed by atoms with Crippen LogP contribution in [0.2, 0.25) is 0 Å². The molecule has 0 saturated carbocycles. The predicted molar refractivity (Wildman–Crippen MR) is 108 cm³/mol. The molecule has 10 heteroatoms. The maximum atomic E-state index is 14.4. The number of fused-ring (bicyclic) bond motifs is 2. The Morgan fingerprint density at radius 2 is 1.76 bits per heavy atom. The first-order valence-electron chi connectivity index (χ1n) is 9.94. The van der Waals surface area contributed by atoms with Gasteiger partial charge in [0.1, 0.15) is 11.4 Å². The highest BCUT2D eigenvalue weighted by molar-refractivity contribution is 6.04. The maximum Gasteiger partial charge on any atom is 0.458 e. The summed E-state index contributed by atoms with van der Waals surface area (Å²) in [6, 6.07) is 8.40. The number of hydrogen-bond donors (Lipinski definition) is 1. The van der Waals surface area contributed by atoms with Crippen molar-refractivity contribution in [2.24, 2.45) is 0 Å². The molecular formula is C23H19F5N2O3. The van der Waals surface area contributed by atoms with Gasteiger partial charge in [0.05, 0.1) is 17.9 Å². The highest BCUT2D eigenvalue weighted by Crippen LogP contribution is 2.51. The zero-order valence-electron chi connectivity index (χ0n) is 17.8. The van der Waals surface area contributed by atoms with E-state index >= 15 is 0 Å². The predicted octanol–water partition coefficient (Wildman–Crippen LogP) is 4.89. The standard InChI is InChI=1S/C23H19F5N2O3/c1-12-15(22(24,25)23(26,27)28)8-9-16-17(12)18(19(29-11-31)21(2,3)33-16)30-10-13-6-4-5-7-14(13)20(30)32/h4-9,11H,10H2,1-3H3,(H,29,31). The second kappa shape index (κ2) is 7.29. The molecule has 0 fully saturated rings. The molecule has 0 atom stereocenters. The van der Waals surface area contributed by atoms with Crippen LogP contribution in [0.15, 0.2) is 42.1 Å². The molecule has 2 aromatic rings. The average molecular weight is 466 g/mol. The first-order chi connectivity index (χ1) is 15.3. The lowest BCUT2D eigenvalue weighted by Crippen LogP contribution is -2.44. The topological polar surface area (TPSA) is 58.6 Å². The fourth-order valence-corrected chi connectivity index (χ4v) is 4.30. The summed E-state index contributed by atoms with van der Waals surface area (Å²) in [6.45, 7) is 4.33. The molecule has 1 N–H and O–H groups in total. The van der Waals surface area contributed by atoms with E-state index in [0.717, 1.165) is 13.0 Å². The van der Waals surface area contributed by atoms with Crippen LogP contribution in [0.4, 0.5) is 22.0 Å². The van der Waals surface area contributed by atoms with Gasteiger partial charge in [-0.2, -0.15) is 22.0 Å². The molecule has 0 aliphatic carbocycles. The number of halogens is 5. The van der Waals surface area contributed by atoms with Crippen molar-refractivity contribution in [2.75, 3.05) is 0 Å². The number of nitrogens with one attached hydrogen (secondary N) is 1. The van der Waals surface area contributed by atoms with Gasteiger partial charge in [-0.3, -0.25) is 9.59 Å². The van der Waals surface area contributed by atoms with Crippen molar-refractivity contribution >= 4 is 18.0 Å². The van der Waals surface area contributed by atoms with Crippen LogP contribution in [-0.2, 0) is 17.3 Å². The molecule has 2 aromatic carbocycles. The molecule has 0 spiro atoms. The van der Waals surface area contributed by atoms with Gasteiger partial charge in [-0.15, -0.1) is 0 Å². The smallest absolute Gasteiger partial charge is 0.458 e. The summed E-state index contributed by atoms with van der Waals surface area (Å²) in [5.41, 5.74) is -1.89. The highest BCUT2D eigenvalue weighted by atomic mass is 19.4. The van der Waals surface area contributed by atoms with E-state index in [2.05, 4.69) is 5.32 Å². The summed E-state index contributed by atoms with van der Waals surface area (Å²) in [5, 5.41) is 2.48. The number of alkyl halides is 5. The molecule has 0 unspecified atom stereocenters. The number of carbonyl (C=O) groups is 2. The summed E-state index contributed by atoms with van der Waals surface area (Å²) in [5.74, 6) is -5.59. The van der Waals surface area contributed by atoms with Gasteiger partial charge in [0.2, 0.25) is 6.41 Å². The van der Waals surface area contributed by atoms with E-state index in [9.17, 15) is 31.5 Å². The molecule has 4 rings (SSSR count). The normalized spacial score (nSPS) is 17.5. The minimum atomic E-state index is -5.83. The van der Waals surface area contributed by atoms with Crippen molar-refractivity contribution < 1.29 is 36.3 Å². The second-order valence-electron chi connectivity index (χ2n) is 8.33. The van der Waals surface area contributed by atoms with Crippen LogP contribution >= 0.6 is 0 Å². The lowest BCUT2D eigenvalue weighted by Gasteiger charge is -2.40. The molecule has 2 aliphatic rings. The van der Waals surface area contributed by atoms with Crippen molar-refractivity contribution in [2.45, 2.75) is 45.0 Å². The highest BCUT2D eigenvalue weighted by Gasteiger charge is 2.60. The average Bonchev–Trinajstić information content (AvgIpc) is 3.04. The van der Waals surface area contributed by atoms with E-state index < -0.39 is 34.7 Å². The van der Waals surface area contributed by atoms with Gasteiger partial charge in [-0.1, -0.05) is 18.2 Å². The molecule has 0 radical (unpaired) electrons. The zero-order chi connectivity index (χ0) is 24.3. The maximum absolute atomic E-state index is 14.4. The number of carbonyl (C=O) groups excluding carboxylic acids is 2. The SMILES string of the molecule is Cc1c(C(F)(F)C(F)(F)F)ccc2c1C(N1Cc3ccccc3C1=O)=C(NC=O)C(C)(C)O2. The van der Waals surface area contributed by atoms with E-state index in [-0.39, 0.29) is 29.3 Å². The van der Waals surface area contributed by atoms with E-state index in [1.807, 2.05) is 0 Å². The molecule has 2 heterocycles. The molecular weight excluding hydrogens is 447 g/mol. The fourth-order valence-electron chi connectivity index (χ4n) is 4.30. The van der Waals surface area contributed by atoms with Crippen LogP contribution in [0.1, 0.15) is 46.5 Å².